The van der Waals surface area contributed by atoms with Crippen LogP contribution in [0, 0.1) is 0 Å². The fourth-order valence-electron chi connectivity index (χ4n) is 2.31. The van der Waals surface area contributed by atoms with E-state index in [9.17, 15) is 4.79 Å². The zero-order chi connectivity index (χ0) is 16.9. The maximum atomic E-state index is 12.0. The van der Waals surface area contributed by atoms with E-state index in [1.165, 1.54) is 0 Å². The molecule has 0 spiro atoms. The van der Waals surface area contributed by atoms with E-state index in [1.54, 1.807) is 24.3 Å². The molecule has 6 nitrogen and oxygen atoms in total. The van der Waals surface area contributed by atoms with E-state index in [1.807, 2.05) is 24.3 Å². The van der Waals surface area contributed by atoms with E-state index in [0.717, 1.165) is 5.57 Å². The molecule has 124 valence electrons. The lowest BCUT2D eigenvalue weighted by Crippen LogP contribution is -2.33. The van der Waals surface area contributed by atoms with Crippen molar-refractivity contribution >= 4 is 11.9 Å². The Morgan fingerprint density at radius 3 is 3.00 bits per heavy atom. The summed E-state index contributed by atoms with van der Waals surface area (Å²) in [6.07, 6.45) is 5.25. The van der Waals surface area contributed by atoms with Crippen LogP contribution in [0.5, 0.6) is 0 Å². The number of carbonyl (C=O) groups is 1. The van der Waals surface area contributed by atoms with Crippen molar-refractivity contribution in [3.05, 3.63) is 72.0 Å². The zero-order valence-electron chi connectivity index (χ0n) is 13.1. The van der Waals surface area contributed by atoms with Crippen molar-refractivity contribution in [2.45, 2.75) is 12.1 Å². The summed E-state index contributed by atoms with van der Waals surface area (Å²) >= 11 is 0. The topological polar surface area (TPSA) is 85.9 Å². The predicted molar refractivity (Wildman–Crippen MR) is 91.4 cm³/mol. The number of ether oxygens (including phenoxy) is 2. The first-order valence-electron chi connectivity index (χ1n) is 7.67. The van der Waals surface area contributed by atoms with Gasteiger partial charge in [-0.1, -0.05) is 36.9 Å². The van der Waals surface area contributed by atoms with Gasteiger partial charge in [0.05, 0.1) is 12.6 Å². The molecule has 2 unspecified atom stereocenters. The Balaban J connectivity index is 1.47. The highest BCUT2D eigenvalue weighted by atomic mass is 16.6. The average Bonchev–Trinajstić information content (AvgIpc) is 3.04. The second-order valence-electron chi connectivity index (χ2n) is 5.48. The molecule has 2 atom stereocenters. The monoisotopic (exact) mass is 325 g/mol. The molecule has 1 aromatic rings. The highest BCUT2D eigenvalue weighted by molar-refractivity contribution is 6.04. The molecule has 1 aliphatic heterocycles. The van der Waals surface area contributed by atoms with Crippen molar-refractivity contribution in [3.8, 4) is 0 Å². The van der Waals surface area contributed by atoms with E-state index in [0.29, 0.717) is 24.5 Å². The zero-order valence-corrected chi connectivity index (χ0v) is 13.1. The van der Waals surface area contributed by atoms with Gasteiger partial charge in [-0.25, -0.2) is 4.99 Å². The van der Waals surface area contributed by atoms with Crippen molar-refractivity contribution in [1.29, 1.82) is 0 Å². The van der Waals surface area contributed by atoms with Gasteiger partial charge in [-0.15, -0.1) is 0 Å². The Kier molecular flexibility index (Phi) is 4.77. The number of aliphatic imine (C=N–C) groups is 1. The standard InChI is InChI=1S/C18H19N3O3/c1-12-15(19)8-5-9-16(12)23-11-14-10-20-18(24-14)21-17(22)13-6-3-2-4-7-13/h2-9,14-15H,1,10-11,19H2,(H,20,21,22). The highest BCUT2D eigenvalue weighted by Gasteiger charge is 2.23. The van der Waals surface area contributed by atoms with Crippen molar-refractivity contribution < 1.29 is 14.3 Å². The minimum atomic E-state index is -0.257. The molecule has 1 aliphatic carbocycles. The van der Waals surface area contributed by atoms with Gasteiger partial charge in [0.2, 0.25) is 0 Å². The number of nitrogens with zero attached hydrogens (tertiary/aromatic N) is 1. The summed E-state index contributed by atoms with van der Waals surface area (Å²) in [6.45, 7) is 4.64. The molecule has 24 heavy (non-hydrogen) atoms. The van der Waals surface area contributed by atoms with Crippen LogP contribution in [-0.4, -0.2) is 37.2 Å². The molecule has 0 aromatic heterocycles. The van der Waals surface area contributed by atoms with Crippen LogP contribution in [-0.2, 0) is 9.47 Å². The van der Waals surface area contributed by atoms with Crippen LogP contribution < -0.4 is 11.1 Å². The number of benzene rings is 1. The summed E-state index contributed by atoms with van der Waals surface area (Å²) in [5.74, 6) is 0.394. The van der Waals surface area contributed by atoms with Gasteiger partial charge >= 0.3 is 0 Å². The Bertz CT molecular complexity index is 722. The lowest BCUT2D eigenvalue weighted by molar-refractivity contribution is 0.0895. The molecule has 1 amide bonds. The Labute approximate surface area is 140 Å². The summed E-state index contributed by atoms with van der Waals surface area (Å²) in [5, 5.41) is 2.65. The smallest absolute Gasteiger partial charge is 0.292 e. The van der Waals surface area contributed by atoms with Gasteiger partial charge in [0.25, 0.3) is 11.9 Å². The van der Waals surface area contributed by atoms with Gasteiger partial charge in [-0.05, 0) is 18.2 Å². The third kappa shape index (κ3) is 3.72. The molecule has 0 saturated carbocycles. The number of rotatable bonds is 4. The first-order chi connectivity index (χ1) is 11.6. The minimum absolute atomic E-state index is 0.213. The van der Waals surface area contributed by atoms with E-state index >= 15 is 0 Å². The van der Waals surface area contributed by atoms with Gasteiger partial charge in [0.15, 0.2) is 6.10 Å². The Morgan fingerprint density at radius 2 is 2.21 bits per heavy atom. The highest BCUT2D eigenvalue weighted by Crippen LogP contribution is 2.19. The lowest BCUT2D eigenvalue weighted by Gasteiger charge is -2.20. The second-order valence-corrected chi connectivity index (χ2v) is 5.48. The number of hydrogen-bond acceptors (Lipinski definition) is 5. The lowest BCUT2D eigenvalue weighted by atomic mass is 10.0. The van der Waals surface area contributed by atoms with Gasteiger partial charge in [0.1, 0.15) is 12.4 Å². The number of amidine groups is 1. The van der Waals surface area contributed by atoms with Crippen molar-refractivity contribution in [3.63, 3.8) is 0 Å². The van der Waals surface area contributed by atoms with Crippen molar-refractivity contribution in [1.82, 2.24) is 5.32 Å². The predicted octanol–water partition coefficient (Wildman–Crippen LogP) is 1.52. The van der Waals surface area contributed by atoms with Crippen LogP contribution in [0.1, 0.15) is 10.4 Å². The van der Waals surface area contributed by atoms with E-state index < -0.39 is 0 Å². The largest absolute Gasteiger partial charge is 0.489 e. The number of hydrogen-bond donors (Lipinski definition) is 2. The van der Waals surface area contributed by atoms with Crippen LogP contribution in [0.15, 0.2) is 71.5 Å². The molecule has 1 heterocycles. The quantitative estimate of drug-likeness (QED) is 0.879. The molecular weight excluding hydrogens is 306 g/mol. The first-order valence-corrected chi connectivity index (χ1v) is 7.67. The number of allylic oxidation sites excluding steroid dienone is 2. The van der Waals surface area contributed by atoms with Crippen LogP contribution in [0.2, 0.25) is 0 Å². The second kappa shape index (κ2) is 7.14. The molecule has 6 heteroatoms. The Hall–Kier alpha value is -2.86. The number of amides is 1. The summed E-state index contributed by atoms with van der Waals surface area (Å²) in [4.78, 5) is 16.2. The first kappa shape index (κ1) is 16.0. The molecular formula is C18H19N3O3. The minimum Gasteiger partial charge on any atom is -0.489 e. The normalized spacial score (nSPS) is 22.5. The van der Waals surface area contributed by atoms with Crippen molar-refractivity contribution in [2.75, 3.05) is 13.2 Å². The van der Waals surface area contributed by atoms with Gasteiger partial charge in [-0.3, -0.25) is 10.1 Å². The molecule has 0 radical (unpaired) electrons. The number of nitrogens with two attached hydrogens (primary N) is 1. The number of nitrogens with one attached hydrogen (secondary N) is 1. The van der Waals surface area contributed by atoms with Crippen LogP contribution >= 0.6 is 0 Å². The summed E-state index contributed by atoms with van der Waals surface area (Å²) in [5.41, 5.74) is 7.16. The van der Waals surface area contributed by atoms with Crippen molar-refractivity contribution in [2.24, 2.45) is 10.7 Å². The maximum absolute atomic E-state index is 12.0. The van der Waals surface area contributed by atoms with Gasteiger partial charge in [0, 0.05) is 11.1 Å². The number of carbonyl (C=O) groups excluding carboxylic acids is 1. The van der Waals surface area contributed by atoms with E-state index in [4.69, 9.17) is 15.2 Å². The molecule has 3 rings (SSSR count). The molecule has 0 bridgehead atoms. The summed E-state index contributed by atoms with van der Waals surface area (Å²) in [6, 6.07) is 8.88. The fourth-order valence-corrected chi connectivity index (χ4v) is 2.31. The molecule has 0 saturated heterocycles. The third-order valence-corrected chi connectivity index (χ3v) is 3.68. The molecule has 1 aromatic carbocycles. The maximum Gasteiger partial charge on any atom is 0.292 e. The third-order valence-electron chi connectivity index (χ3n) is 3.68. The Morgan fingerprint density at radius 1 is 1.42 bits per heavy atom. The van der Waals surface area contributed by atoms with Crippen LogP contribution in [0.25, 0.3) is 0 Å². The SMILES string of the molecule is C=C1C(OCC2CN=C(NC(=O)c3ccccc3)O2)=CC=CC1N. The van der Waals surface area contributed by atoms with Gasteiger partial charge in [-0.2, -0.15) is 0 Å². The molecule has 0 fully saturated rings. The van der Waals surface area contributed by atoms with Crippen LogP contribution in [0.3, 0.4) is 0 Å². The van der Waals surface area contributed by atoms with E-state index in [-0.39, 0.29) is 24.1 Å². The molecule has 3 N–H and O–H groups in total. The van der Waals surface area contributed by atoms with E-state index in [2.05, 4.69) is 16.9 Å². The average molecular weight is 325 g/mol. The van der Waals surface area contributed by atoms with Crippen LogP contribution in [0.4, 0.5) is 0 Å². The summed E-state index contributed by atoms with van der Waals surface area (Å²) < 4.78 is 11.3. The fraction of sp³-hybridized carbons (Fsp3) is 0.222. The molecule has 2 aliphatic rings. The van der Waals surface area contributed by atoms with Gasteiger partial charge < -0.3 is 15.2 Å². The summed E-state index contributed by atoms with van der Waals surface area (Å²) in [7, 11) is 0.